The molecule has 0 bridgehead atoms. The normalized spacial score (nSPS) is 23.5. The fraction of sp³-hybridized carbons (Fsp3) is 0.583. The van der Waals surface area contributed by atoms with Crippen LogP contribution in [0, 0.1) is 0 Å². The molecule has 88 valence electrons. The molecule has 16 heavy (non-hydrogen) atoms. The minimum absolute atomic E-state index is 0.196. The van der Waals surface area contributed by atoms with E-state index < -0.39 is 0 Å². The lowest BCUT2D eigenvalue weighted by Gasteiger charge is -2.31. The minimum Gasteiger partial charge on any atom is -0.468 e. The Morgan fingerprint density at radius 2 is 2.44 bits per heavy atom. The van der Waals surface area contributed by atoms with Crippen molar-refractivity contribution in [2.24, 2.45) is 0 Å². The first-order valence-corrected chi connectivity index (χ1v) is 5.70. The summed E-state index contributed by atoms with van der Waals surface area (Å²) in [6.07, 6.45) is 3.23. The van der Waals surface area contributed by atoms with Crippen molar-refractivity contribution >= 4 is 5.91 Å². The number of nitrogens with zero attached hydrogens (tertiary/aromatic N) is 1. The van der Waals surface area contributed by atoms with Gasteiger partial charge >= 0.3 is 0 Å². The molecule has 4 nitrogen and oxygen atoms in total. The highest BCUT2D eigenvalue weighted by Gasteiger charge is 2.24. The molecule has 1 amide bonds. The van der Waals surface area contributed by atoms with Gasteiger partial charge in [-0.3, -0.25) is 4.79 Å². The van der Waals surface area contributed by atoms with E-state index in [9.17, 15) is 4.79 Å². The number of piperidine rings is 1. The first-order chi connectivity index (χ1) is 7.66. The van der Waals surface area contributed by atoms with Crippen molar-refractivity contribution in [3.05, 3.63) is 24.2 Å². The van der Waals surface area contributed by atoms with Crippen LogP contribution in [0.25, 0.3) is 0 Å². The zero-order chi connectivity index (χ0) is 11.5. The number of hydrogen-bond donors (Lipinski definition) is 1. The maximum Gasteiger partial charge on any atom is 0.222 e. The number of amides is 1. The zero-order valence-corrected chi connectivity index (χ0v) is 9.77. The lowest BCUT2D eigenvalue weighted by molar-refractivity contribution is -0.132. The Bertz CT molecular complexity index is 348. The van der Waals surface area contributed by atoms with Crippen molar-refractivity contribution in [1.82, 2.24) is 10.2 Å². The predicted molar refractivity (Wildman–Crippen MR) is 60.9 cm³/mol. The van der Waals surface area contributed by atoms with E-state index >= 15 is 0 Å². The van der Waals surface area contributed by atoms with Crippen LogP contribution in [0.15, 0.2) is 22.8 Å². The second kappa shape index (κ2) is 4.70. The molecule has 1 aliphatic heterocycles. The summed E-state index contributed by atoms with van der Waals surface area (Å²) in [7, 11) is 1.85. The third-order valence-electron chi connectivity index (χ3n) is 3.08. The average Bonchev–Trinajstić information content (AvgIpc) is 2.77. The Balaban J connectivity index is 1.88. The molecule has 0 radical (unpaired) electrons. The molecule has 0 saturated carbocycles. The van der Waals surface area contributed by atoms with Crippen LogP contribution in [0.5, 0.6) is 0 Å². The van der Waals surface area contributed by atoms with Gasteiger partial charge in [-0.1, -0.05) is 0 Å². The second-order valence-corrected chi connectivity index (χ2v) is 4.41. The van der Waals surface area contributed by atoms with E-state index in [1.165, 1.54) is 0 Å². The van der Waals surface area contributed by atoms with Gasteiger partial charge in [0, 0.05) is 26.1 Å². The van der Waals surface area contributed by atoms with Crippen molar-refractivity contribution in [3.63, 3.8) is 0 Å². The zero-order valence-electron chi connectivity index (χ0n) is 9.77. The minimum atomic E-state index is 0.196. The van der Waals surface area contributed by atoms with Crippen LogP contribution in [0.4, 0.5) is 0 Å². The molecule has 2 rings (SSSR count). The van der Waals surface area contributed by atoms with Crippen molar-refractivity contribution < 1.29 is 9.21 Å². The van der Waals surface area contributed by atoms with E-state index in [-0.39, 0.29) is 11.9 Å². The smallest absolute Gasteiger partial charge is 0.222 e. The lowest BCUT2D eigenvalue weighted by atomic mass is 10.0. The standard InChI is InChI=1S/C12H18N2O2/c1-9(11-4-3-7-16-11)13-10-5-6-12(15)14(2)8-10/h3-4,7,9-10,13H,5-6,8H2,1-2H3. The number of likely N-dealkylation sites (tertiary alicyclic amines) is 1. The van der Waals surface area contributed by atoms with Crippen LogP contribution in [0.2, 0.25) is 0 Å². The Morgan fingerprint density at radius 1 is 1.62 bits per heavy atom. The maximum atomic E-state index is 11.3. The van der Waals surface area contributed by atoms with Gasteiger partial charge in [-0.2, -0.15) is 0 Å². The summed E-state index contributed by atoms with van der Waals surface area (Å²) < 4.78 is 5.34. The van der Waals surface area contributed by atoms with Crippen LogP contribution in [-0.4, -0.2) is 30.4 Å². The Kier molecular flexibility index (Phi) is 3.29. The van der Waals surface area contributed by atoms with Gasteiger partial charge in [0.25, 0.3) is 0 Å². The number of rotatable bonds is 3. The third-order valence-corrected chi connectivity index (χ3v) is 3.08. The summed E-state index contributed by atoms with van der Waals surface area (Å²) in [5, 5.41) is 3.48. The first kappa shape index (κ1) is 11.2. The van der Waals surface area contributed by atoms with E-state index in [4.69, 9.17) is 4.42 Å². The summed E-state index contributed by atoms with van der Waals surface area (Å²) in [4.78, 5) is 13.1. The van der Waals surface area contributed by atoms with Gasteiger partial charge in [-0.15, -0.1) is 0 Å². The van der Waals surface area contributed by atoms with Crippen LogP contribution in [0.3, 0.4) is 0 Å². The summed E-state index contributed by atoms with van der Waals surface area (Å²) in [6, 6.07) is 4.42. The molecule has 2 atom stereocenters. The molecule has 1 aliphatic rings. The number of furan rings is 1. The Labute approximate surface area is 95.6 Å². The van der Waals surface area contributed by atoms with Crippen LogP contribution in [0.1, 0.15) is 31.6 Å². The molecule has 0 spiro atoms. The third kappa shape index (κ3) is 2.44. The number of nitrogens with one attached hydrogen (secondary N) is 1. The van der Waals surface area contributed by atoms with Crippen molar-refractivity contribution in [2.75, 3.05) is 13.6 Å². The van der Waals surface area contributed by atoms with Gasteiger partial charge in [0.15, 0.2) is 0 Å². The van der Waals surface area contributed by atoms with E-state index in [1.54, 1.807) is 11.2 Å². The summed E-state index contributed by atoms with van der Waals surface area (Å²) in [5.74, 6) is 1.18. The van der Waals surface area contributed by atoms with Crippen LogP contribution < -0.4 is 5.32 Å². The van der Waals surface area contributed by atoms with Gasteiger partial charge in [0.2, 0.25) is 5.91 Å². The lowest BCUT2D eigenvalue weighted by Crippen LogP contribution is -2.47. The fourth-order valence-corrected chi connectivity index (χ4v) is 2.12. The van der Waals surface area contributed by atoms with Crippen molar-refractivity contribution in [3.8, 4) is 0 Å². The van der Waals surface area contributed by atoms with E-state index in [2.05, 4.69) is 12.2 Å². The molecule has 1 aromatic heterocycles. The molecule has 1 saturated heterocycles. The van der Waals surface area contributed by atoms with Crippen LogP contribution >= 0.6 is 0 Å². The molecule has 0 aliphatic carbocycles. The summed E-state index contributed by atoms with van der Waals surface area (Å²) in [6.45, 7) is 2.86. The monoisotopic (exact) mass is 222 g/mol. The largest absolute Gasteiger partial charge is 0.468 e. The Hall–Kier alpha value is -1.29. The molecular formula is C12H18N2O2. The highest BCUT2D eigenvalue weighted by Crippen LogP contribution is 2.17. The van der Waals surface area contributed by atoms with E-state index in [0.717, 1.165) is 18.7 Å². The average molecular weight is 222 g/mol. The highest BCUT2D eigenvalue weighted by molar-refractivity contribution is 5.76. The van der Waals surface area contributed by atoms with E-state index in [0.29, 0.717) is 12.5 Å². The maximum absolute atomic E-state index is 11.3. The van der Waals surface area contributed by atoms with Gasteiger partial charge in [-0.25, -0.2) is 0 Å². The molecule has 1 fully saturated rings. The quantitative estimate of drug-likeness (QED) is 0.844. The summed E-state index contributed by atoms with van der Waals surface area (Å²) >= 11 is 0. The first-order valence-electron chi connectivity index (χ1n) is 5.70. The molecule has 2 unspecified atom stereocenters. The number of carbonyl (C=O) groups excluding carboxylic acids is 1. The molecule has 0 aromatic carbocycles. The van der Waals surface area contributed by atoms with E-state index in [1.807, 2.05) is 19.2 Å². The van der Waals surface area contributed by atoms with Gasteiger partial charge in [0.1, 0.15) is 5.76 Å². The molecule has 4 heteroatoms. The number of likely N-dealkylation sites (N-methyl/N-ethyl adjacent to an activating group) is 1. The second-order valence-electron chi connectivity index (χ2n) is 4.41. The fourth-order valence-electron chi connectivity index (χ4n) is 2.12. The highest BCUT2D eigenvalue weighted by atomic mass is 16.3. The van der Waals surface area contributed by atoms with Crippen LogP contribution in [-0.2, 0) is 4.79 Å². The number of carbonyl (C=O) groups is 1. The SMILES string of the molecule is CC(NC1CCC(=O)N(C)C1)c1ccco1. The molecule has 2 heterocycles. The van der Waals surface area contributed by atoms with Gasteiger partial charge < -0.3 is 14.6 Å². The predicted octanol–water partition coefficient (Wildman–Crippen LogP) is 1.55. The number of hydrogen-bond acceptors (Lipinski definition) is 3. The summed E-state index contributed by atoms with van der Waals surface area (Å²) in [5.41, 5.74) is 0. The molecule has 1 aromatic rings. The Morgan fingerprint density at radius 3 is 3.06 bits per heavy atom. The molecular weight excluding hydrogens is 204 g/mol. The van der Waals surface area contributed by atoms with Gasteiger partial charge in [-0.05, 0) is 25.5 Å². The molecule has 1 N–H and O–H groups in total. The van der Waals surface area contributed by atoms with Gasteiger partial charge in [0.05, 0.1) is 12.3 Å². The van der Waals surface area contributed by atoms with Crippen molar-refractivity contribution in [2.45, 2.75) is 31.8 Å². The topological polar surface area (TPSA) is 45.5 Å². The van der Waals surface area contributed by atoms with Crippen molar-refractivity contribution in [1.29, 1.82) is 0 Å².